The molecule has 2 N–H and O–H groups in total. The minimum atomic E-state index is -1.03. The zero-order chi connectivity index (χ0) is 14.4. The number of likely N-dealkylation sites (tertiary alicyclic amines) is 1. The molecule has 0 aliphatic carbocycles. The van der Waals surface area contributed by atoms with Gasteiger partial charge in [-0.2, -0.15) is 0 Å². The minimum absolute atomic E-state index is 0.0237. The van der Waals surface area contributed by atoms with Gasteiger partial charge >= 0.3 is 5.97 Å². The molecule has 0 aromatic heterocycles. The molecule has 0 spiro atoms. The van der Waals surface area contributed by atoms with Crippen molar-refractivity contribution in [3.8, 4) is 0 Å². The SMILES string of the molecule is CCCC(NC(=O)C(CC)N1CCCC1=O)C(=O)O. The van der Waals surface area contributed by atoms with Crippen LogP contribution in [0.4, 0.5) is 0 Å². The number of hydrogen-bond acceptors (Lipinski definition) is 3. The normalized spacial score (nSPS) is 18.2. The predicted molar refractivity (Wildman–Crippen MR) is 69.5 cm³/mol. The van der Waals surface area contributed by atoms with Gasteiger partial charge in [0.2, 0.25) is 11.8 Å². The Morgan fingerprint density at radius 3 is 2.53 bits per heavy atom. The van der Waals surface area contributed by atoms with Crippen molar-refractivity contribution >= 4 is 17.8 Å². The summed E-state index contributed by atoms with van der Waals surface area (Å²) < 4.78 is 0. The highest BCUT2D eigenvalue weighted by atomic mass is 16.4. The topological polar surface area (TPSA) is 86.7 Å². The zero-order valence-corrected chi connectivity index (χ0v) is 11.5. The van der Waals surface area contributed by atoms with Crippen LogP contribution in [0.3, 0.4) is 0 Å². The molecule has 1 heterocycles. The largest absolute Gasteiger partial charge is 0.480 e. The van der Waals surface area contributed by atoms with E-state index in [2.05, 4.69) is 5.32 Å². The third-order valence-corrected chi connectivity index (χ3v) is 3.37. The van der Waals surface area contributed by atoms with E-state index in [0.29, 0.717) is 32.2 Å². The first-order valence-corrected chi connectivity index (χ1v) is 6.83. The number of carboxylic acid groups (broad SMARTS) is 1. The second-order valence-corrected chi connectivity index (χ2v) is 4.80. The molecule has 1 aliphatic heterocycles. The van der Waals surface area contributed by atoms with Gasteiger partial charge in [-0.25, -0.2) is 4.79 Å². The lowest BCUT2D eigenvalue weighted by atomic mass is 10.1. The quantitative estimate of drug-likeness (QED) is 0.715. The molecule has 1 rings (SSSR count). The van der Waals surface area contributed by atoms with E-state index in [1.165, 1.54) is 0 Å². The molecule has 0 aromatic carbocycles. The van der Waals surface area contributed by atoms with E-state index in [4.69, 9.17) is 5.11 Å². The Bertz CT molecular complexity index is 357. The maximum Gasteiger partial charge on any atom is 0.326 e. The maximum atomic E-state index is 12.1. The number of hydrogen-bond donors (Lipinski definition) is 2. The first-order valence-electron chi connectivity index (χ1n) is 6.83. The molecule has 0 saturated carbocycles. The molecule has 0 radical (unpaired) electrons. The lowest BCUT2D eigenvalue weighted by Crippen LogP contribution is -2.51. The molecule has 0 bridgehead atoms. The molecule has 1 fully saturated rings. The van der Waals surface area contributed by atoms with Crippen LogP contribution in [0.25, 0.3) is 0 Å². The molecule has 108 valence electrons. The number of carbonyl (C=O) groups excluding carboxylic acids is 2. The van der Waals surface area contributed by atoms with Crippen molar-refractivity contribution in [3.63, 3.8) is 0 Å². The van der Waals surface area contributed by atoms with Crippen molar-refractivity contribution in [1.82, 2.24) is 10.2 Å². The van der Waals surface area contributed by atoms with E-state index in [9.17, 15) is 14.4 Å². The smallest absolute Gasteiger partial charge is 0.326 e. The summed E-state index contributed by atoms with van der Waals surface area (Å²) >= 11 is 0. The van der Waals surface area contributed by atoms with Crippen LogP contribution < -0.4 is 5.32 Å². The average Bonchev–Trinajstić information content (AvgIpc) is 2.76. The van der Waals surface area contributed by atoms with Gasteiger partial charge < -0.3 is 15.3 Å². The van der Waals surface area contributed by atoms with Crippen LogP contribution in [0.2, 0.25) is 0 Å². The third-order valence-electron chi connectivity index (χ3n) is 3.37. The van der Waals surface area contributed by atoms with Crippen molar-refractivity contribution in [1.29, 1.82) is 0 Å². The summed E-state index contributed by atoms with van der Waals surface area (Å²) in [5.41, 5.74) is 0. The van der Waals surface area contributed by atoms with E-state index in [1.807, 2.05) is 13.8 Å². The van der Waals surface area contributed by atoms with Gasteiger partial charge in [0.05, 0.1) is 0 Å². The van der Waals surface area contributed by atoms with Crippen molar-refractivity contribution in [3.05, 3.63) is 0 Å². The third kappa shape index (κ3) is 3.94. The summed E-state index contributed by atoms with van der Waals surface area (Å²) in [4.78, 5) is 36.4. The summed E-state index contributed by atoms with van der Waals surface area (Å²) in [5, 5.41) is 11.6. The number of aliphatic carboxylic acids is 1. The van der Waals surface area contributed by atoms with Crippen molar-refractivity contribution < 1.29 is 19.5 Å². The van der Waals surface area contributed by atoms with Gasteiger partial charge in [0.25, 0.3) is 0 Å². The number of nitrogens with one attached hydrogen (secondary N) is 1. The molecular formula is C13H22N2O4. The number of carbonyl (C=O) groups is 3. The molecule has 2 atom stereocenters. The number of amides is 2. The van der Waals surface area contributed by atoms with Crippen LogP contribution in [0.5, 0.6) is 0 Å². The highest BCUT2D eigenvalue weighted by Crippen LogP contribution is 2.16. The lowest BCUT2D eigenvalue weighted by molar-refractivity contribution is -0.144. The molecule has 6 heteroatoms. The van der Waals surface area contributed by atoms with Crippen molar-refractivity contribution in [2.24, 2.45) is 0 Å². The van der Waals surface area contributed by atoms with Gasteiger partial charge in [-0.3, -0.25) is 9.59 Å². The fourth-order valence-electron chi connectivity index (χ4n) is 2.36. The Labute approximate surface area is 113 Å². The molecule has 6 nitrogen and oxygen atoms in total. The Morgan fingerprint density at radius 2 is 2.11 bits per heavy atom. The van der Waals surface area contributed by atoms with E-state index < -0.39 is 18.1 Å². The minimum Gasteiger partial charge on any atom is -0.480 e. The number of carboxylic acids is 1. The fraction of sp³-hybridized carbons (Fsp3) is 0.769. The predicted octanol–water partition coefficient (Wildman–Crippen LogP) is 0.757. The van der Waals surface area contributed by atoms with Crippen molar-refractivity contribution in [2.75, 3.05) is 6.54 Å². The zero-order valence-electron chi connectivity index (χ0n) is 11.5. The standard InChI is InChI=1S/C13H22N2O4/c1-3-6-9(13(18)19)14-12(17)10(4-2)15-8-5-7-11(15)16/h9-10H,3-8H2,1-2H3,(H,14,17)(H,18,19). The van der Waals surface area contributed by atoms with E-state index in [0.717, 1.165) is 6.42 Å². The molecule has 19 heavy (non-hydrogen) atoms. The first-order chi connectivity index (χ1) is 9.01. The van der Waals surface area contributed by atoms with Crippen LogP contribution in [0.1, 0.15) is 46.0 Å². The summed E-state index contributed by atoms with van der Waals surface area (Å²) in [6.07, 6.45) is 2.80. The van der Waals surface area contributed by atoms with Crippen LogP contribution in [0, 0.1) is 0 Å². The Morgan fingerprint density at radius 1 is 1.42 bits per heavy atom. The number of nitrogens with zero attached hydrogens (tertiary/aromatic N) is 1. The van der Waals surface area contributed by atoms with Crippen LogP contribution >= 0.6 is 0 Å². The van der Waals surface area contributed by atoms with Gasteiger partial charge in [-0.1, -0.05) is 20.3 Å². The van der Waals surface area contributed by atoms with Crippen LogP contribution in [-0.4, -0.2) is 46.4 Å². The number of rotatable bonds is 7. The second kappa shape index (κ2) is 7.11. The Balaban J connectivity index is 2.67. The van der Waals surface area contributed by atoms with Crippen LogP contribution in [-0.2, 0) is 14.4 Å². The Hall–Kier alpha value is -1.59. The molecule has 1 aliphatic rings. The molecule has 0 aromatic rings. The summed E-state index contributed by atoms with van der Waals surface area (Å²) in [6.45, 7) is 4.27. The van der Waals surface area contributed by atoms with Gasteiger partial charge in [-0.15, -0.1) is 0 Å². The maximum absolute atomic E-state index is 12.1. The molecular weight excluding hydrogens is 248 g/mol. The van der Waals surface area contributed by atoms with E-state index in [-0.39, 0.29) is 11.8 Å². The van der Waals surface area contributed by atoms with Gasteiger partial charge in [0, 0.05) is 13.0 Å². The van der Waals surface area contributed by atoms with Gasteiger partial charge in [0.15, 0.2) is 0 Å². The molecule has 1 saturated heterocycles. The van der Waals surface area contributed by atoms with Gasteiger partial charge in [0.1, 0.15) is 12.1 Å². The monoisotopic (exact) mass is 270 g/mol. The van der Waals surface area contributed by atoms with Crippen LogP contribution in [0.15, 0.2) is 0 Å². The average molecular weight is 270 g/mol. The highest BCUT2D eigenvalue weighted by molar-refractivity contribution is 5.91. The Kier molecular flexibility index (Phi) is 5.79. The van der Waals surface area contributed by atoms with E-state index >= 15 is 0 Å². The molecule has 2 amide bonds. The van der Waals surface area contributed by atoms with E-state index in [1.54, 1.807) is 4.90 Å². The second-order valence-electron chi connectivity index (χ2n) is 4.80. The first kappa shape index (κ1) is 15.5. The highest BCUT2D eigenvalue weighted by Gasteiger charge is 2.33. The van der Waals surface area contributed by atoms with Gasteiger partial charge in [-0.05, 0) is 19.3 Å². The fourth-order valence-corrected chi connectivity index (χ4v) is 2.36. The van der Waals surface area contributed by atoms with Crippen molar-refractivity contribution in [2.45, 2.75) is 58.0 Å². The summed E-state index contributed by atoms with van der Waals surface area (Å²) in [5.74, 6) is -1.42. The summed E-state index contributed by atoms with van der Waals surface area (Å²) in [6, 6.07) is -1.42. The summed E-state index contributed by atoms with van der Waals surface area (Å²) in [7, 11) is 0. The molecule has 2 unspecified atom stereocenters. The lowest BCUT2D eigenvalue weighted by Gasteiger charge is -2.27.